The lowest BCUT2D eigenvalue weighted by molar-refractivity contribution is -0.605. The summed E-state index contributed by atoms with van der Waals surface area (Å²) in [6.45, 7) is 1.49. The SMILES string of the molecule is C[C@@H](OC(=O)c1cc[n+]([O-])cc1)C(=O)Nc1ccc2ccccc2c1. The molecule has 0 bridgehead atoms. The topological polar surface area (TPSA) is 82.3 Å². The molecule has 0 saturated heterocycles. The number of hydrogen-bond donors (Lipinski definition) is 1. The van der Waals surface area contributed by atoms with Gasteiger partial charge in [-0.1, -0.05) is 30.3 Å². The molecule has 1 atom stereocenters. The minimum atomic E-state index is -0.974. The van der Waals surface area contributed by atoms with Crippen LogP contribution in [-0.2, 0) is 9.53 Å². The fraction of sp³-hybridized carbons (Fsp3) is 0.105. The molecule has 1 heterocycles. The van der Waals surface area contributed by atoms with Crippen molar-refractivity contribution in [3.8, 4) is 0 Å². The number of carbonyl (C=O) groups excluding carboxylic acids is 2. The van der Waals surface area contributed by atoms with Crippen LogP contribution in [0.3, 0.4) is 0 Å². The lowest BCUT2D eigenvalue weighted by Crippen LogP contribution is -2.30. The fourth-order valence-corrected chi connectivity index (χ4v) is 2.34. The van der Waals surface area contributed by atoms with E-state index in [0.29, 0.717) is 10.4 Å². The van der Waals surface area contributed by atoms with Crippen molar-refractivity contribution >= 4 is 28.3 Å². The van der Waals surface area contributed by atoms with E-state index < -0.39 is 18.0 Å². The molecule has 1 amide bonds. The number of ether oxygens (including phenoxy) is 1. The van der Waals surface area contributed by atoms with Gasteiger partial charge >= 0.3 is 5.97 Å². The third-order valence-corrected chi connectivity index (χ3v) is 3.71. The van der Waals surface area contributed by atoms with Gasteiger partial charge < -0.3 is 15.3 Å². The summed E-state index contributed by atoms with van der Waals surface area (Å²) < 4.78 is 5.70. The van der Waals surface area contributed by atoms with Crippen LogP contribution >= 0.6 is 0 Å². The summed E-state index contributed by atoms with van der Waals surface area (Å²) in [4.78, 5) is 24.2. The Morgan fingerprint density at radius 1 is 1.04 bits per heavy atom. The van der Waals surface area contributed by atoms with E-state index in [-0.39, 0.29) is 5.56 Å². The number of carbonyl (C=O) groups is 2. The highest BCUT2D eigenvalue weighted by Gasteiger charge is 2.19. The van der Waals surface area contributed by atoms with E-state index in [9.17, 15) is 14.8 Å². The number of hydrogen-bond acceptors (Lipinski definition) is 4. The Hall–Kier alpha value is -3.41. The van der Waals surface area contributed by atoms with Crippen molar-refractivity contribution in [3.63, 3.8) is 0 Å². The smallest absolute Gasteiger partial charge is 0.339 e. The third-order valence-electron chi connectivity index (χ3n) is 3.71. The summed E-state index contributed by atoms with van der Waals surface area (Å²) in [6.07, 6.45) is 1.41. The monoisotopic (exact) mass is 336 g/mol. The maximum Gasteiger partial charge on any atom is 0.339 e. The van der Waals surface area contributed by atoms with E-state index in [2.05, 4.69) is 5.32 Å². The Morgan fingerprint density at radius 2 is 1.72 bits per heavy atom. The van der Waals surface area contributed by atoms with E-state index in [1.165, 1.54) is 31.5 Å². The highest BCUT2D eigenvalue weighted by Crippen LogP contribution is 2.19. The van der Waals surface area contributed by atoms with Gasteiger partial charge in [-0.2, -0.15) is 4.73 Å². The third kappa shape index (κ3) is 3.92. The van der Waals surface area contributed by atoms with Crippen LogP contribution in [0, 0.1) is 5.21 Å². The van der Waals surface area contributed by atoms with E-state index in [1.54, 1.807) is 6.07 Å². The summed E-state index contributed by atoms with van der Waals surface area (Å²) >= 11 is 0. The Labute approximate surface area is 144 Å². The van der Waals surface area contributed by atoms with Gasteiger partial charge in [0.25, 0.3) is 5.91 Å². The van der Waals surface area contributed by atoms with Gasteiger partial charge in [0.2, 0.25) is 0 Å². The van der Waals surface area contributed by atoms with E-state index >= 15 is 0 Å². The number of esters is 1. The van der Waals surface area contributed by atoms with Crippen LogP contribution in [0.4, 0.5) is 5.69 Å². The zero-order chi connectivity index (χ0) is 17.8. The van der Waals surface area contributed by atoms with Gasteiger partial charge in [-0.3, -0.25) is 4.79 Å². The van der Waals surface area contributed by atoms with Gasteiger partial charge in [-0.25, -0.2) is 4.79 Å². The van der Waals surface area contributed by atoms with Gasteiger partial charge in [0.15, 0.2) is 18.5 Å². The van der Waals surface area contributed by atoms with Crippen molar-refractivity contribution in [2.24, 2.45) is 0 Å². The zero-order valence-electron chi connectivity index (χ0n) is 13.5. The summed E-state index contributed by atoms with van der Waals surface area (Å²) in [5, 5.41) is 15.8. The number of nitrogens with zero attached hydrogens (tertiary/aromatic N) is 1. The number of rotatable bonds is 4. The summed E-state index contributed by atoms with van der Waals surface area (Å²) in [5.41, 5.74) is 0.830. The molecule has 0 aliphatic carbocycles. The molecular weight excluding hydrogens is 320 g/mol. The number of benzene rings is 2. The molecule has 3 aromatic rings. The van der Waals surface area contributed by atoms with Crippen LogP contribution in [0.5, 0.6) is 0 Å². The highest BCUT2D eigenvalue weighted by molar-refractivity contribution is 5.98. The van der Waals surface area contributed by atoms with Gasteiger partial charge in [-0.05, 0) is 29.8 Å². The first kappa shape index (κ1) is 16.4. The average Bonchev–Trinajstić information content (AvgIpc) is 2.62. The first-order valence-electron chi connectivity index (χ1n) is 7.72. The van der Waals surface area contributed by atoms with Crippen molar-refractivity contribution in [3.05, 3.63) is 77.8 Å². The van der Waals surface area contributed by atoms with Crippen molar-refractivity contribution in [2.75, 3.05) is 5.32 Å². The number of fused-ring (bicyclic) bond motifs is 1. The Kier molecular flexibility index (Phi) is 4.61. The van der Waals surface area contributed by atoms with E-state index in [1.807, 2.05) is 36.4 Å². The molecule has 3 rings (SSSR count). The molecule has 0 fully saturated rings. The molecule has 25 heavy (non-hydrogen) atoms. The quantitative estimate of drug-likeness (QED) is 0.451. The number of amides is 1. The molecule has 6 nitrogen and oxygen atoms in total. The molecule has 126 valence electrons. The first-order valence-corrected chi connectivity index (χ1v) is 7.72. The predicted octanol–water partition coefficient (Wildman–Crippen LogP) is 2.66. The second-order valence-electron chi connectivity index (χ2n) is 5.55. The second-order valence-corrected chi connectivity index (χ2v) is 5.55. The van der Waals surface area contributed by atoms with E-state index in [4.69, 9.17) is 4.74 Å². The zero-order valence-corrected chi connectivity index (χ0v) is 13.5. The molecule has 1 N–H and O–H groups in total. The fourth-order valence-electron chi connectivity index (χ4n) is 2.34. The molecule has 2 aromatic carbocycles. The summed E-state index contributed by atoms with van der Waals surface area (Å²) in [5.74, 6) is -1.10. The highest BCUT2D eigenvalue weighted by atomic mass is 16.5. The average molecular weight is 336 g/mol. The van der Waals surface area contributed by atoms with Crippen LogP contribution in [-0.4, -0.2) is 18.0 Å². The van der Waals surface area contributed by atoms with Crippen LogP contribution in [0.25, 0.3) is 10.8 Å². The molecule has 0 radical (unpaired) electrons. The molecular formula is C19H16N2O4. The molecule has 0 aliphatic rings. The van der Waals surface area contributed by atoms with Crippen LogP contribution < -0.4 is 10.0 Å². The number of pyridine rings is 1. The number of anilines is 1. The van der Waals surface area contributed by atoms with Crippen molar-refractivity contribution in [1.82, 2.24) is 0 Å². The standard InChI is InChI=1S/C19H16N2O4/c1-13(25-19(23)15-8-10-21(24)11-9-15)18(22)20-17-7-6-14-4-2-3-5-16(14)12-17/h2-13H,1H3,(H,20,22)/t13-/m1/s1. The maximum absolute atomic E-state index is 12.2. The molecule has 6 heteroatoms. The van der Waals surface area contributed by atoms with Crippen molar-refractivity contribution in [2.45, 2.75) is 13.0 Å². The van der Waals surface area contributed by atoms with Gasteiger partial charge in [0.1, 0.15) is 0 Å². The minimum absolute atomic E-state index is 0.206. The summed E-state index contributed by atoms with van der Waals surface area (Å²) in [6, 6.07) is 16.0. The summed E-state index contributed by atoms with van der Waals surface area (Å²) in [7, 11) is 0. The van der Waals surface area contributed by atoms with Gasteiger partial charge in [0.05, 0.1) is 5.56 Å². The molecule has 0 spiro atoms. The lowest BCUT2D eigenvalue weighted by atomic mass is 10.1. The lowest BCUT2D eigenvalue weighted by Gasteiger charge is -2.14. The molecule has 0 unspecified atom stereocenters. The Morgan fingerprint density at radius 3 is 2.44 bits per heavy atom. The first-order chi connectivity index (χ1) is 12.0. The Balaban J connectivity index is 1.65. The number of nitrogens with one attached hydrogen (secondary N) is 1. The molecule has 1 aromatic heterocycles. The largest absolute Gasteiger partial charge is 0.619 e. The second kappa shape index (κ2) is 7.00. The van der Waals surface area contributed by atoms with Crippen molar-refractivity contribution in [1.29, 1.82) is 0 Å². The van der Waals surface area contributed by atoms with Crippen LogP contribution in [0.2, 0.25) is 0 Å². The maximum atomic E-state index is 12.2. The van der Waals surface area contributed by atoms with Crippen LogP contribution in [0.1, 0.15) is 17.3 Å². The van der Waals surface area contributed by atoms with Gasteiger partial charge in [0, 0.05) is 17.8 Å². The number of aromatic nitrogens is 1. The minimum Gasteiger partial charge on any atom is -0.619 e. The van der Waals surface area contributed by atoms with Crippen molar-refractivity contribution < 1.29 is 19.1 Å². The molecule has 0 saturated carbocycles. The van der Waals surface area contributed by atoms with E-state index in [0.717, 1.165) is 10.8 Å². The Bertz CT molecular complexity index is 922. The molecule has 0 aliphatic heterocycles. The normalized spacial score (nSPS) is 11.7. The van der Waals surface area contributed by atoms with Crippen LogP contribution in [0.15, 0.2) is 67.0 Å². The van der Waals surface area contributed by atoms with Gasteiger partial charge in [-0.15, -0.1) is 0 Å². The predicted molar refractivity (Wildman–Crippen MR) is 92.9 cm³/mol.